The molecule has 1 aromatic heterocycles. The maximum atomic E-state index is 4.72. The first-order chi connectivity index (χ1) is 8.92. The molecular formula is C15H12N2S. The molecule has 0 unspecified atom stereocenters. The van der Waals surface area contributed by atoms with Crippen LogP contribution >= 0.6 is 11.8 Å². The minimum Gasteiger partial charge on any atom is -0.314 e. The molecule has 0 saturated heterocycles. The lowest BCUT2D eigenvalue weighted by Gasteiger charge is -2.06. The zero-order valence-electron chi connectivity index (χ0n) is 9.84. The van der Waals surface area contributed by atoms with Gasteiger partial charge in [-0.1, -0.05) is 48.2 Å². The van der Waals surface area contributed by atoms with Gasteiger partial charge in [0.1, 0.15) is 0 Å². The first-order valence-electron chi connectivity index (χ1n) is 6.07. The summed E-state index contributed by atoms with van der Waals surface area (Å²) in [6, 6.07) is 17.0. The Hall–Kier alpha value is -1.74. The van der Waals surface area contributed by atoms with E-state index in [1.807, 2.05) is 17.8 Å². The van der Waals surface area contributed by atoms with Gasteiger partial charge in [0.05, 0.1) is 17.6 Å². The number of aromatic nitrogens is 2. The number of fused-ring (bicyclic) bond motifs is 4. The fraction of sp³-hybridized carbons (Fsp3) is 0.133. The van der Waals surface area contributed by atoms with E-state index in [1.54, 1.807) is 0 Å². The van der Waals surface area contributed by atoms with Crippen LogP contribution in [0.1, 0.15) is 11.1 Å². The Morgan fingerprint density at radius 3 is 2.67 bits per heavy atom. The van der Waals surface area contributed by atoms with Gasteiger partial charge in [-0.2, -0.15) is 0 Å². The van der Waals surface area contributed by atoms with Crippen molar-refractivity contribution in [3.05, 3.63) is 59.7 Å². The Balaban J connectivity index is 1.95. The molecule has 0 fully saturated rings. The van der Waals surface area contributed by atoms with Crippen LogP contribution in [-0.4, -0.2) is 9.55 Å². The molecular weight excluding hydrogens is 240 g/mol. The standard InChI is InChI=1S/C15H12N2S/c1-2-6-12-10-18-15-16-13-7-3-4-8-14(13)17(15)9-11(12)5-1/h1-8H,9-10H2. The van der Waals surface area contributed by atoms with Gasteiger partial charge in [0.2, 0.25) is 0 Å². The topological polar surface area (TPSA) is 17.8 Å². The average Bonchev–Trinajstić information content (AvgIpc) is 2.65. The second-order valence-corrected chi connectivity index (χ2v) is 5.47. The Labute approximate surface area is 110 Å². The van der Waals surface area contributed by atoms with Crippen molar-refractivity contribution in [3.8, 4) is 0 Å². The Kier molecular flexibility index (Phi) is 2.20. The van der Waals surface area contributed by atoms with E-state index in [2.05, 4.69) is 47.0 Å². The van der Waals surface area contributed by atoms with Gasteiger partial charge in [-0.3, -0.25) is 0 Å². The van der Waals surface area contributed by atoms with Crippen LogP contribution in [0.4, 0.5) is 0 Å². The number of benzene rings is 2. The molecule has 0 spiro atoms. The smallest absolute Gasteiger partial charge is 0.169 e. The summed E-state index contributed by atoms with van der Waals surface area (Å²) >= 11 is 1.83. The lowest BCUT2D eigenvalue weighted by atomic mass is 10.1. The van der Waals surface area contributed by atoms with Crippen LogP contribution in [0, 0.1) is 0 Å². The van der Waals surface area contributed by atoms with E-state index in [4.69, 9.17) is 4.98 Å². The predicted octanol–water partition coefficient (Wildman–Crippen LogP) is 3.69. The van der Waals surface area contributed by atoms with Crippen LogP contribution in [0.5, 0.6) is 0 Å². The summed E-state index contributed by atoms with van der Waals surface area (Å²) in [5.41, 5.74) is 5.17. The molecule has 2 aromatic carbocycles. The van der Waals surface area contributed by atoms with Crippen LogP contribution in [-0.2, 0) is 12.3 Å². The minimum absolute atomic E-state index is 0.930. The molecule has 0 N–H and O–H groups in total. The third-order valence-electron chi connectivity index (χ3n) is 3.42. The quantitative estimate of drug-likeness (QED) is 0.607. The molecule has 0 aliphatic carbocycles. The first kappa shape index (κ1) is 10.2. The molecule has 1 aliphatic rings. The summed E-state index contributed by atoms with van der Waals surface area (Å²) in [5.74, 6) is 1.01. The monoisotopic (exact) mass is 252 g/mol. The van der Waals surface area contributed by atoms with E-state index >= 15 is 0 Å². The van der Waals surface area contributed by atoms with Crippen molar-refractivity contribution in [2.75, 3.05) is 0 Å². The largest absolute Gasteiger partial charge is 0.314 e. The number of nitrogens with zero attached hydrogens (tertiary/aromatic N) is 2. The maximum Gasteiger partial charge on any atom is 0.169 e. The van der Waals surface area contributed by atoms with E-state index in [0.717, 1.165) is 23.0 Å². The highest BCUT2D eigenvalue weighted by Gasteiger charge is 2.16. The molecule has 0 radical (unpaired) electrons. The van der Waals surface area contributed by atoms with E-state index < -0.39 is 0 Å². The Morgan fingerprint density at radius 1 is 0.944 bits per heavy atom. The van der Waals surface area contributed by atoms with Crippen LogP contribution in [0.25, 0.3) is 11.0 Å². The van der Waals surface area contributed by atoms with Crippen molar-refractivity contribution in [3.63, 3.8) is 0 Å². The highest BCUT2D eigenvalue weighted by molar-refractivity contribution is 7.98. The molecule has 0 saturated carbocycles. The van der Waals surface area contributed by atoms with Crippen LogP contribution in [0.2, 0.25) is 0 Å². The van der Waals surface area contributed by atoms with Gasteiger partial charge in [-0.15, -0.1) is 0 Å². The molecule has 88 valence electrons. The molecule has 2 heterocycles. The minimum atomic E-state index is 0.930. The third kappa shape index (κ3) is 1.47. The highest BCUT2D eigenvalue weighted by Crippen LogP contribution is 2.32. The molecule has 0 atom stereocenters. The van der Waals surface area contributed by atoms with Crippen molar-refractivity contribution < 1.29 is 0 Å². The Bertz CT molecular complexity index is 730. The second-order valence-electron chi connectivity index (χ2n) is 4.53. The average molecular weight is 252 g/mol. The molecule has 0 amide bonds. The molecule has 3 heteroatoms. The number of para-hydroxylation sites is 2. The summed E-state index contributed by atoms with van der Waals surface area (Å²) < 4.78 is 2.33. The van der Waals surface area contributed by atoms with Gasteiger partial charge in [0.25, 0.3) is 0 Å². The molecule has 4 rings (SSSR count). The highest BCUT2D eigenvalue weighted by atomic mass is 32.2. The fourth-order valence-corrected chi connectivity index (χ4v) is 3.53. The second kappa shape index (κ2) is 3.89. The zero-order valence-corrected chi connectivity index (χ0v) is 10.7. The molecule has 0 bridgehead atoms. The zero-order chi connectivity index (χ0) is 11.9. The summed E-state index contributed by atoms with van der Waals surface area (Å²) in [6.45, 7) is 0.930. The van der Waals surface area contributed by atoms with Gasteiger partial charge in [0.15, 0.2) is 5.16 Å². The summed E-state index contributed by atoms with van der Waals surface area (Å²) in [6.07, 6.45) is 0. The lowest BCUT2D eigenvalue weighted by molar-refractivity contribution is 0.735. The van der Waals surface area contributed by atoms with E-state index in [-0.39, 0.29) is 0 Å². The maximum absolute atomic E-state index is 4.72. The van der Waals surface area contributed by atoms with E-state index in [9.17, 15) is 0 Å². The number of hydrogen-bond donors (Lipinski definition) is 0. The van der Waals surface area contributed by atoms with Crippen molar-refractivity contribution >= 4 is 22.8 Å². The van der Waals surface area contributed by atoms with Crippen molar-refractivity contribution in [1.29, 1.82) is 0 Å². The van der Waals surface area contributed by atoms with Crippen molar-refractivity contribution in [2.24, 2.45) is 0 Å². The van der Waals surface area contributed by atoms with Gasteiger partial charge in [0, 0.05) is 5.75 Å². The lowest BCUT2D eigenvalue weighted by Crippen LogP contribution is -2.00. The first-order valence-corrected chi connectivity index (χ1v) is 7.05. The summed E-state index contributed by atoms with van der Waals surface area (Å²) in [5, 5.41) is 1.13. The molecule has 1 aliphatic heterocycles. The van der Waals surface area contributed by atoms with Crippen molar-refractivity contribution in [2.45, 2.75) is 17.5 Å². The molecule has 3 aromatic rings. The van der Waals surface area contributed by atoms with Gasteiger partial charge < -0.3 is 4.57 Å². The van der Waals surface area contributed by atoms with Crippen LogP contribution in [0.15, 0.2) is 53.7 Å². The van der Waals surface area contributed by atoms with Crippen LogP contribution in [0.3, 0.4) is 0 Å². The number of rotatable bonds is 0. The van der Waals surface area contributed by atoms with Crippen LogP contribution < -0.4 is 0 Å². The number of hydrogen-bond acceptors (Lipinski definition) is 2. The predicted molar refractivity (Wildman–Crippen MR) is 74.8 cm³/mol. The third-order valence-corrected chi connectivity index (χ3v) is 4.45. The van der Waals surface area contributed by atoms with Crippen molar-refractivity contribution in [1.82, 2.24) is 9.55 Å². The Morgan fingerprint density at radius 2 is 1.72 bits per heavy atom. The number of imidazole rings is 1. The summed E-state index contributed by atoms with van der Waals surface area (Å²) in [7, 11) is 0. The summed E-state index contributed by atoms with van der Waals surface area (Å²) in [4.78, 5) is 4.72. The molecule has 18 heavy (non-hydrogen) atoms. The fourth-order valence-electron chi connectivity index (χ4n) is 2.48. The van der Waals surface area contributed by atoms with E-state index in [0.29, 0.717) is 0 Å². The normalized spacial score (nSPS) is 14.0. The molecule has 2 nitrogen and oxygen atoms in total. The van der Waals surface area contributed by atoms with E-state index in [1.165, 1.54) is 16.6 Å². The SMILES string of the molecule is c1ccc2c(c1)CSc1nc3ccccc3n1C2. The van der Waals surface area contributed by atoms with Gasteiger partial charge in [-0.25, -0.2) is 4.98 Å². The number of thioether (sulfide) groups is 1. The van der Waals surface area contributed by atoms with Gasteiger partial charge >= 0.3 is 0 Å². The van der Waals surface area contributed by atoms with Gasteiger partial charge in [-0.05, 0) is 23.3 Å².